The molecule has 50 heavy (non-hydrogen) atoms. The summed E-state index contributed by atoms with van der Waals surface area (Å²) in [5, 5.41) is 2.36. The van der Waals surface area contributed by atoms with Crippen LogP contribution in [0.15, 0.2) is 78.0 Å². The summed E-state index contributed by atoms with van der Waals surface area (Å²) < 4.78 is 44.5. The summed E-state index contributed by atoms with van der Waals surface area (Å²) in [6.45, 7) is 9.29. The lowest BCUT2D eigenvalue weighted by molar-refractivity contribution is -0.147. The number of esters is 1. The van der Waals surface area contributed by atoms with E-state index in [-0.39, 0.29) is 35.2 Å². The van der Waals surface area contributed by atoms with Gasteiger partial charge >= 0.3 is 5.97 Å². The molecule has 4 N–H and O–H groups in total. The molecule has 5 rings (SSSR count). The van der Waals surface area contributed by atoms with Crippen LogP contribution in [0.5, 0.6) is 11.5 Å². The fourth-order valence-corrected chi connectivity index (χ4v) is 7.68. The van der Waals surface area contributed by atoms with E-state index < -0.39 is 45.0 Å². The molecule has 3 aromatic carbocycles. The van der Waals surface area contributed by atoms with Gasteiger partial charge in [0.05, 0.1) is 47.6 Å². The Labute approximate surface area is 293 Å². The third kappa shape index (κ3) is 7.19. The molecule has 0 aliphatic carbocycles. The average Bonchev–Trinajstić information content (AvgIpc) is 3.54. The smallest absolute Gasteiger partial charge is 0.311 e. The highest BCUT2D eigenvalue weighted by atomic mass is 32.2. The maximum Gasteiger partial charge on any atom is 0.311 e. The van der Waals surface area contributed by atoms with E-state index in [9.17, 15) is 13.2 Å². The summed E-state index contributed by atoms with van der Waals surface area (Å²) >= 11 is 0. The van der Waals surface area contributed by atoms with E-state index in [0.717, 1.165) is 10.8 Å². The molecule has 13 heteroatoms. The molecule has 3 atom stereocenters. The predicted molar refractivity (Wildman–Crippen MR) is 192 cm³/mol. The number of sulfone groups is 1. The fraction of sp³-hybridized carbons (Fsp3) is 0.378. The number of carbonyl (C=O) groups excluding carboxylic acids is 2. The van der Waals surface area contributed by atoms with E-state index in [1.807, 2.05) is 39.0 Å². The molecule has 12 nitrogen and oxygen atoms in total. The molecular weight excluding hydrogens is 659 g/mol. The van der Waals surface area contributed by atoms with Crippen LogP contribution in [0.25, 0.3) is 10.8 Å². The number of nitrogens with two attached hydrogens (primary N) is 2. The van der Waals surface area contributed by atoms with E-state index in [2.05, 4.69) is 4.98 Å². The second-order valence-corrected chi connectivity index (χ2v) is 15.3. The van der Waals surface area contributed by atoms with Gasteiger partial charge in [0, 0.05) is 30.0 Å². The fourth-order valence-electron chi connectivity index (χ4n) is 6.41. The van der Waals surface area contributed by atoms with Crippen molar-refractivity contribution in [2.45, 2.75) is 69.4 Å². The Bertz CT molecular complexity index is 1980. The first kappa shape index (κ1) is 36.4. The number of hydrogen-bond acceptors (Lipinski definition) is 11. The SMILES string of the molecule is CCOc1cc(C(C(=O)N2CCC(C(=O)OC)C2c2cc(N)ccc2S(=O)(=O)C(C)C)N(N)c2ccc3cnccc3c2)ccc1OC(C)C. The summed E-state index contributed by atoms with van der Waals surface area (Å²) in [4.78, 5) is 34.2. The second kappa shape index (κ2) is 14.9. The van der Waals surface area contributed by atoms with Crippen LogP contribution < -0.4 is 26.1 Å². The molecule has 0 saturated carbocycles. The Morgan fingerprint density at radius 1 is 1.00 bits per heavy atom. The number of likely N-dealkylation sites (tertiary alicyclic amines) is 1. The van der Waals surface area contributed by atoms with Crippen LogP contribution in [-0.4, -0.2) is 61.8 Å². The van der Waals surface area contributed by atoms with Crippen molar-refractivity contribution in [1.29, 1.82) is 0 Å². The molecule has 1 fully saturated rings. The number of nitrogens with zero attached hydrogens (tertiary/aromatic N) is 3. The lowest BCUT2D eigenvalue weighted by atomic mass is 9.92. The van der Waals surface area contributed by atoms with E-state index in [1.54, 1.807) is 50.5 Å². The first-order valence-corrected chi connectivity index (χ1v) is 18.2. The van der Waals surface area contributed by atoms with Crippen molar-refractivity contribution < 1.29 is 32.2 Å². The van der Waals surface area contributed by atoms with Crippen LogP contribution in [0.2, 0.25) is 0 Å². The van der Waals surface area contributed by atoms with Gasteiger partial charge in [-0.3, -0.25) is 19.6 Å². The largest absolute Gasteiger partial charge is 0.490 e. The number of pyridine rings is 1. The zero-order valence-electron chi connectivity index (χ0n) is 29.2. The maximum absolute atomic E-state index is 15.2. The highest BCUT2D eigenvalue weighted by Gasteiger charge is 2.47. The number of aromatic nitrogens is 1. The summed E-state index contributed by atoms with van der Waals surface area (Å²) in [5.41, 5.74) is 7.80. The molecule has 266 valence electrons. The zero-order chi connectivity index (χ0) is 36.3. The Morgan fingerprint density at radius 3 is 2.44 bits per heavy atom. The first-order valence-electron chi connectivity index (χ1n) is 16.6. The quantitative estimate of drug-likeness (QED) is 0.0843. The highest BCUT2D eigenvalue weighted by Crippen LogP contribution is 2.45. The molecule has 1 amide bonds. The number of nitrogen functional groups attached to an aromatic ring is 1. The minimum absolute atomic E-state index is 0.00147. The van der Waals surface area contributed by atoms with Gasteiger partial charge in [0.1, 0.15) is 6.04 Å². The van der Waals surface area contributed by atoms with E-state index in [1.165, 1.54) is 35.2 Å². The Morgan fingerprint density at radius 2 is 1.76 bits per heavy atom. The molecular formula is C37H45N5O7S. The number of hydrazine groups is 1. The summed E-state index contributed by atoms with van der Waals surface area (Å²) in [6, 6.07) is 14.9. The van der Waals surface area contributed by atoms with Crippen molar-refractivity contribution in [2.24, 2.45) is 11.8 Å². The van der Waals surface area contributed by atoms with Crippen molar-refractivity contribution in [3.63, 3.8) is 0 Å². The number of fused-ring (bicyclic) bond motifs is 1. The normalized spacial score (nSPS) is 16.9. The molecule has 0 spiro atoms. The van der Waals surface area contributed by atoms with Gasteiger partial charge in [0.15, 0.2) is 21.3 Å². The highest BCUT2D eigenvalue weighted by molar-refractivity contribution is 7.92. The number of hydrogen-bond donors (Lipinski definition) is 2. The molecule has 4 aromatic rings. The molecule has 1 aromatic heterocycles. The van der Waals surface area contributed by atoms with E-state index in [0.29, 0.717) is 29.4 Å². The first-order chi connectivity index (χ1) is 23.8. The zero-order valence-corrected chi connectivity index (χ0v) is 30.0. The molecule has 2 heterocycles. The summed E-state index contributed by atoms with van der Waals surface area (Å²) in [5.74, 6) is 5.97. The Balaban J connectivity index is 1.70. The van der Waals surface area contributed by atoms with Crippen LogP contribution >= 0.6 is 0 Å². The average molecular weight is 704 g/mol. The number of rotatable bonds is 12. The molecule has 0 bridgehead atoms. The van der Waals surface area contributed by atoms with Gasteiger partial charge in [-0.05, 0) is 106 Å². The van der Waals surface area contributed by atoms with Crippen molar-refractivity contribution in [1.82, 2.24) is 9.88 Å². The molecule has 1 aliphatic heterocycles. The van der Waals surface area contributed by atoms with Crippen LogP contribution in [0.3, 0.4) is 0 Å². The summed E-state index contributed by atoms with van der Waals surface area (Å²) in [6.07, 6.45) is 3.50. The number of amides is 1. The van der Waals surface area contributed by atoms with Crippen molar-refractivity contribution >= 4 is 43.9 Å². The van der Waals surface area contributed by atoms with E-state index in [4.69, 9.17) is 25.8 Å². The van der Waals surface area contributed by atoms with Gasteiger partial charge in [0.2, 0.25) is 0 Å². The van der Waals surface area contributed by atoms with Crippen LogP contribution in [0.4, 0.5) is 11.4 Å². The van der Waals surface area contributed by atoms with Gasteiger partial charge in [-0.15, -0.1) is 0 Å². The molecule has 3 unspecified atom stereocenters. The minimum Gasteiger partial charge on any atom is -0.490 e. The molecule has 1 saturated heterocycles. The molecule has 0 radical (unpaired) electrons. The standard InChI is InChI=1S/C37H45N5O7S/c1-7-48-32-19-25(9-12-31(32)49-22(2)3)34(42(39)28-11-8-26-21-40-16-14-24(26)18-28)36(43)41-17-15-29(37(44)47-6)35(41)30-20-27(38)10-13-33(30)50(45,46)23(4)5/h8-14,16,18-23,29,34-35H,7,15,17,38-39H2,1-6H3. The monoisotopic (exact) mass is 703 g/mol. The third-order valence-electron chi connectivity index (χ3n) is 8.84. The Kier molecular flexibility index (Phi) is 10.9. The maximum atomic E-state index is 15.2. The van der Waals surface area contributed by atoms with Gasteiger partial charge in [-0.2, -0.15) is 0 Å². The number of methoxy groups -OCH3 is 1. The number of ether oxygens (including phenoxy) is 3. The lowest BCUT2D eigenvalue weighted by Crippen LogP contribution is -2.47. The van der Waals surface area contributed by atoms with Gasteiger partial charge in [-0.1, -0.05) is 12.1 Å². The van der Waals surface area contributed by atoms with Gasteiger partial charge in [-0.25, -0.2) is 14.3 Å². The van der Waals surface area contributed by atoms with Crippen LogP contribution in [-0.2, 0) is 24.2 Å². The topological polar surface area (TPSA) is 167 Å². The Hall–Kier alpha value is -4.88. The van der Waals surface area contributed by atoms with Gasteiger partial charge in [0.25, 0.3) is 5.91 Å². The van der Waals surface area contributed by atoms with Crippen LogP contribution in [0.1, 0.15) is 64.3 Å². The lowest BCUT2D eigenvalue weighted by Gasteiger charge is -2.36. The minimum atomic E-state index is -3.86. The summed E-state index contributed by atoms with van der Waals surface area (Å²) in [7, 11) is -2.59. The van der Waals surface area contributed by atoms with E-state index >= 15 is 4.79 Å². The third-order valence-corrected chi connectivity index (χ3v) is 11.1. The number of benzene rings is 3. The second-order valence-electron chi connectivity index (χ2n) is 12.8. The number of anilines is 2. The van der Waals surface area contributed by atoms with Crippen molar-refractivity contribution in [3.05, 3.63) is 84.2 Å². The van der Waals surface area contributed by atoms with Crippen LogP contribution in [0, 0.1) is 5.92 Å². The molecule has 1 aliphatic rings. The van der Waals surface area contributed by atoms with Crippen molar-refractivity contribution in [3.8, 4) is 11.5 Å². The van der Waals surface area contributed by atoms with Crippen molar-refractivity contribution in [2.75, 3.05) is 31.0 Å². The predicted octanol–water partition coefficient (Wildman–Crippen LogP) is 5.37. The van der Waals surface area contributed by atoms with Gasteiger partial charge < -0.3 is 24.8 Å². The number of carbonyl (C=O) groups is 2.